The van der Waals surface area contributed by atoms with Crippen LogP contribution >= 0.6 is 0 Å². The van der Waals surface area contributed by atoms with Crippen molar-refractivity contribution in [3.05, 3.63) is 216 Å². The van der Waals surface area contributed by atoms with E-state index >= 15 is 0 Å². The molecule has 0 saturated carbocycles. The van der Waals surface area contributed by atoms with E-state index < -0.39 is 0 Å². The summed E-state index contributed by atoms with van der Waals surface area (Å²) in [6, 6.07) is 56.4. The Morgan fingerprint density at radius 3 is 1.70 bits per heavy atom. The lowest BCUT2D eigenvalue weighted by Gasteiger charge is -2.35. The van der Waals surface area contributed by atoms with Gasteiger partial charge in [-0.05, 0) is 101 Å². The van der Waals surface area contributed by atoms with Crippen LogP contribution < -0.4 is 20.4 Å². The molecule has 0 bridgehead atoms. The van der Waals surface area contributed by atoms with Crippen LogP contribution in [0, 0.1) is 0 Å². The standard InChI is InChI=1S/C32H34N4O2.C30H30N4O2/c1-24(11-12-25-7-3-2-4-8-25)34-32(38)29-15-16-30(33-23-29)35-17-19-36(20-18-35)31(37)22-26-13-14-27-9-5-6-10-28(27)21-26;35-29(31-17-7-10-23-8-2-1-3-9-23)25-15-16-28(32-22-25)33-18-20-34(21-19-33)30(36)27-14-6-12-24-11-4-5-13-26(24)27/h2-10,13-16,21,23-24H,11-12,17-20,22H2,1H3,(H,34,38);1-6,8-9,11-16,22H,7,10,17-21H2,(H,31,35). The summed E-state index contributed by atoms with van der Waals surface area (Å²) in [5.74, 6) is 1.68. The Kier molecular flexibility index (Phi) is 17.0. The summed E-state index contributed by atoms with van der Waals surface area (Å²) in [4.78, 5) is 68.6. The van der Waals surface area contributed by atoms with Gasteiger partial charge in [0.15, 0.2) is 0 Å². The molecule has 376 valence electrons. The first-order chi connectivity index (χ1) is 36.2. The number of aromatic nitrogens is 2. The third-order valence-electron chi connectivity index (χ3n) is 13.9. The zero-order valence-electron chi connectivity index (χ0n) is 42.1. The molecule has 2 N–H and O–H groups in total. The third kappa shape index (κ3) is 13.4. The van der Waals surface area contributed by atoms with Crippen molar-refractivity contribution >= 4 is 56.8 Å². The van der Waals surface area contributed by atoms with Crippen molar-refractivity contribution < 1.29 is 19.2 Å². The number of fused-ring (bicyclic) bond motifs is 2. The van der Waals surface area contributed by atoms with Crippen LogP contribution in [0.2, 0.25) is 0 Å². The van der Waals surface area contributed by atoms with Crippen molar-refractivity contribution in [2.24, 2.45) is 0 Å². The van der Waals surface area contributed by atoms with E-state index in [0.717, 1.165) is 77.7 Å². The van der Waals surface area contributed by atoms with Crippen LogP contribution in [-0.4, -0.2) is 108 Å². The van der Waals surface area contributed by atoms with E-state index in [9.17, 15) is 19.2 Å². The second-order valence-electron chi connectivity index (χ2n) is 19.1. The molecule has 2 aromatic heterocycles. The Morgan fingerprint density at radius 1 is 0.514 bits per heavy atom. The van der Waals surface area contributed by atoms with Gasteiger partial charge in [-0.1, -0.05) is 140 Å². The first-order valence-electron chi connectivity index (χ1n) is 25.9. The van der Waals surface area contributed by atoms with Crippen LogP contribution in [0.4, 0.5) is 11.6 Å². The van der Waals surface area contributed by atoms with Crippen LogP contribution in [-0.2, 0) is 24.1 Å². The molecule has 2 aliphatic rings. The maximum atomic E-state index is 13.2. The minimum Gasteiger partial charge on any atom is -0.353 e. The maximum absolute atomic E-state index is 13.2. The average molecular weight is 985 g/mol. The normalized spacial score (nSPS) is 14.0. The molecule has 0 radical (unpaired) electrons. The molecule has 74 heavy (non-hydrogen) atoms. The summed E-state index contributed by atoms with van der Waals surface area (Å²) < 4.78 is 0. The highest BCUT2D eigenvalue weighted by atomic mass is 16.2. The summed E-state index contributed by atoms with van der Waals surface area (Å²) in [5.41, 5.74) is 5.46. The van der Waals surface area contributed by atoms with Gasteiger partial charge in [0.1, 0.15) is 11.6 Å². The molecule has 0 aliphatic carbocycles. The van der Waals surface area contributed by atoms with Gasteiger partial charge in [0.05, 0.1) is 17.5 Å². The summed E-state index contributed by atoms with van der Waals surface area (Å²) >= 11 is 0. The van der Waals surface area contributed by atoms with Gasteiger partial charge in [0.25, 0.3) is 17.7 Å². The largest absolute Gasteiger partial charge is 0.353 e. The van der Waals surface area contributed by atoms with Crippen molar-refractivity contribution in [1.82, 2.24) is 30.4 Å². The Hall–Kier alpha value is -8.38. The number of benzene rings is 6. The molecule has 10 rings (SSSR count). The lowest BCUT2D eigenvalue weighted by atomic mass is 10.0. The fourth-order valence-electron chi connectivity index (χ4n) is 9.60. The number of hydrogen-bond acceptors (Lipinski definition) is 8. The summed E-state index contributed by atoms with van der Waals surface area (Å²) in [7, 11) is 0. The van der Waals surface area contributed by atoms with Gasteiger partial charge < -0.3 is 30.2 Å². The highest BCUT2D eigenvalue weighted by Crippen LogP contribution is 2.23. The van der Waals surface area contributed by atoms with Crippen molar-refractivity contribution in [3.63, 3.8) is 0 Å². The first kappa shape index (κ1) is 50.6. The van der Waals surface area contributed by atoms with Crippen LogP contribution in [0.15, 0.2) is 182 Å². The lowest BCUT2D eigenvalue weighted by molar-refractivity contribution is -0.130. The van der Waals surface area contributed by atoms with Crippen molar-refractivity contribution in [2.75, 3.05) is 68.7 Å². The van der Waals surface area contributed by atoms with Gasteiger partial charge in [0.2, 0.25) is 5.91 Å². The molecular formula is C62H64N8O4. The highest BCUT2D eigenvalue weighted by molar-refractivity contribution is 6.07. The van der Waals surface area contributed by atoms with E-state index in [1.54, 1.807) is 12.4 Å². The van der Waals surface area contributed by atoms with Gasteiger partial charge in [-0.2, -0.15) is 0 Å². The van der Waals surface area contributed by atoms with Gasteiger partial charge in [0, 0.05) is 82.9 Å². The van der Waals surface area contributed by atoms with Crippen LogP contribution in [0.25, 0.3) is 21.5 Å². The first-order valence-corrected chi connectivity index (χ1v) is 25.9. The Labute approximate surface area is 434 Å². The quantitative estimate of drug-likeness (QED) is 0.0973. The molecule has 8 aromatic rings. The molecule has 4 amide bonds. The number of piperazine rings is 2. The number of amides is 4. The summed E-state index contributed by atoms with van der Waals surface area (Å²) in [5, 5.41) is 10.5. The molecule has 6 aromatic carbocycles. The Morgan fingerprint density at radius 2 is 1.07 bits per heavy atom. The van der Waals surface area contributed by atoms with Crippen molar-refractivity contribution in [2.45, 2.75) is 45.1 Å². The number of carbonyl (C=O) groups excluding carboxylic acids is 4. The molecule has 12 heteroatoms. The van der Waals surface area contributed by atoms with Gasteiger partial charge in [-0.3, -0.25) is 19.2 Å². The monoisotopic (exact) mass is 985 g/mol. The predicted molar refractivity (Wildman–Crippen MR) is 296 cm³/mol. The number of pyridine rings is 2. The predicted octanol–water partition coefficient (Wildman–Crippen LogP) is 9.44. The van der Waals surface area contributed by atoms with E-state index in [4.69, 9.17) is 0 Å². The highest BCUT2D eigenvalue weighted by Gasteiger charge is 2.25. The number of aryl methyl sites for hydroxylation is 2. The molecule has 2 saturated heterocycles. The SMILES string of the molecule is CC(CCc1ccccc1)NC(=O)c1ccc(N2CCN(C(=O)Cc3ccc4ccccc4c3)CC2)nc1.O=C(NCCCc1ccccc1)c1ccc(N2CCN(C(=O)c3cccc4ccccc34)CC2)nc1. The topological polar surface area (TPSA) is 131 Å². The molecule has 1 unspecified atom stereocenters. The van der Waals surface area contributed by atoms with E-state index in [2.05, 4.69) is 78.9 Å². The zero-order chi connectivity index (χ0) is 51.1. The zero-order valence-corrected chi connectivity index (χ0v) is 42.1. The fraction of sp³-hybridized carbons (Fsp3) is 0.258. The number of carbonyl (C=O) groups is 4. The van der Waals surface area contributed by atoms with Crippen LogP contribution in [0.1, 0.15) is 67.5 Å². The number of nitrogens with one attached hydrogen (secondary N) is 2. The molecule has 1 atom stereocenters. The van der Waals surface area contributed by atoms with Crippen molar-refractivity contribution in [1.29, 1.82) is 0 Å². The molecule has 0 spiro atoms. The van der Waals surface area contributed by atoms with E-state index in [1.165, 1.54) is 16.5 Å². The smallest absolute Gasteiger partial charge is 0.254 e. The second kappa shape index (κ2) is 24.8. The van der Waals surface area contributed by atoms with E-state index in [-0.39, 0.29) is 29.7 Å². The van der Waals surface area contributed by atoms with Crippen molar-refractivity contribution in [3.8, 4) is 0 Å². The molecule has 2 aliphatic heterocycles. The number of rotatable bonds is 15. The average Bonchev–Trinajstić information content (AvgIpc) is 3.46. The third-order valence-corrected chi connectivity index (χ3v) is 13.9. The number of nitrogens with zero attached hydrogens (tertiary/aromatic N) is 6. The fourth-order valence-corrected chi connectivity index (χ4v) is 9.60. The van der Waals surface area contributed by atoms with E-state index in [1.807, 2.05) is 138 Å². The lowest BCUT2D eigenvalue weighted by Crippen LogP contribution is -2.49. The van der Waals surface area contributed by atoms with Gasteiger partial charge in [-0.25, -0.2) is 9.97 Å². The summed E-state index contributed by atoms with van der Waals surface area (Å²) in [6.07, 6.45) is 7.33. The van der Waals surface area contributed by atoms with Crippen LogP contribution in [0.3, 0.4) is 0 Å². The van der Waals surface area contributed by atoms with Crippen LogP contribution in [0.5, 0.6) is 0 Å². The number of hydrogen-bond donors (Lipinski definition) is 2. The van der Waals surface area contributed by atoms with Gasteiger partial charge in [-0.15, -0.1) is 0 Å². The van der Waals surface area contributed by atoms with E-state index in [0.29, 0.717) is 63.4 Å². The Balaban J connectivity index is 0.000000182. The summed E-state index contributed by atoms with van der Waals surface area (Å²) in [6.45, 7) is 8.09. The molecular weight excluding hydrogens is 921 g/mol. The number of anilines is 2. The second-order valence-corrected chi connectivity index (χ2v) is 19.1. The molecule has 2 fully saturated rings. The Bertz CT molecular complexity index is 3130. The van der Waals surface area contributed by atoms with Gasteiger partial charge >= 0.3 is 0 Å². The molecule has 4 heterocycles. The minimum absolute atomic E-state index is 0.0682. The maximum Gasteiger partial charge on any atom is 0.254 e. The minimum atomic E-state index is -0.104. The molecule has 12 nitrogen and oxygen atoms in total.